The van der Waals surface area contributed by atoms with Crippen LogP contribution in [0.1, 0.15) is 65.4 Å². The van der Waals surface area contributed by atoms with Gasteiger partial charge in [-0.05, 0) is 61.6 Å². The minimum absolute atomic E-state index is 0.617. The topological polar surface area (TPSA) is 44.3 Å². The Hall–Kier alpha value is -2.82. The number of fused-ring (bicyclic) bond motifs is 1. The van der Waals surface area contributed by atoms with Crippen LogP contribution in [0.3, 0.4) is 0 Å². The number of benzene rings is 1. The Labute approximate surface area is 194 Å². The highest BCUT2D eigenvalue weighted by molar-refractivity contribution is 5.74. The molecule has 1 aromatic heterocycles. The second kappa shape index (κ2) is 11.7. The molecule has 32 heavy (non-hydrogen) atoms. The van der Waals surface area contributed by atoms with Gasteiger partial charge in [0.25, 0.3) is 0 Å². The van der Waals surface area contributed by atoms with Gasteiger partial charge in [-0.3, -0.25) is 0 Å². The summed E-state index contributed by atoms with van der Waals surface area (Å²) in [5.41, 5.74) is 4.29. The van der Waals surface area contributed by atoms with Gasteiger partial charge >= 0.3 is 0 Å². The molecule has 0 atom stereocenters. The van der Waals surface area contributed by atoms with Crippen molar-refractivity contribution in [2.75, 3.05) is 34.8 Å². The van der Waals surface area contributed by atoms with Crippen molar-refractivity contribution in [1.82, 2.24) is 9.97 Å². The summed E-state index contributed by atoms with van der Waals surface area (Å²) >= 11 is 0. The Morgan fingerprint density at radius 3 is 2.31 bits per heavy atom. The van der Waals surface area contributed by atoms with Crippen molar-refractivity contribution in [3.05, 3.63) is 54.4 Å². The molecule has 5 heteroatoms. The second-order valence-corrected chi connectivity index (χ2v) is 8.58. The van der Waals surface area contributed by atoms with E-state index in [4.69, 9.17) is 4.98 Å². The van der Waals surface area contributed by atoms with Crippen molar-refractivity contribution in [3.63, 3.8) is 0 Å². The van der Waals surface area contributed by atoms with Crippen molar-refractivity contribution in [1.29, 1.82) is 0 Å². The lowest BCUT2D eigenvalue weighted by Gasteiger charge is -2.30. The molecule has 1 aromatic carbocycles. The number of rotatable bonds is 12. The first-order chi connectivity index (χ1) is 15.6. The van der Waals surface area contributed by atoms with Gasteiger partial charge in [0.15, 0.2) is 0 Å². The van der Waals surface area contributed by atoms with Gasteiger partial charge < -0.3 is 15.1 Å². The second-order valence-electron chi connectivity index (χ2n) is 8.58. The zero-order valence-corrected chi connectivity index (χ0v) is 20.3. The Bertz CT molecular complexity index is 893. The Balaban J connectivity index is 1.75. The quantitative estimate of drug-likeness (QED) is 0.390. The molecule has 0 saturated carbocycles. The fraction of sp³-hybridized carbons (Fsp3) is 0.481. The van der Waals surface area contributed by atoms with Crippen LogP contribution in [-0.2, 0) is 0 Å². The highest BCUT2D eigenvalue weighted by Gasteiger charge is 2.20. The smallest absolute Gasteiger partial charge is 0.229 e. The van der Waals surface area contributed by atoms with Crippen LogP contribution < -0.4 is 15.1 Å². The predicted molar refractivity (Wildman–Crippen MR) is 139 cm³/mol. The fourth-order valence-corrected chi connectivity index (χ4v) is 4.24. The van der Waals surface area contributed by atoms with Gasteiger partial charge in [0, 0.05) is 48.5 Å². The minimum atomic E-state index is 0.617. The molecular formula is C27H39N5. The van der Waals surface area contributed by atoms with Crippen LogP contribution >= 0.6 is 0 Å². The largest absolute Gasteiger partial charge is 0.372 e. The lowest BCUT2D eigenvalue weighted by Crippen LogP contribution is -2.27. The third-order valence-corrected chi connectivity index (χ3v) is 6.24. The fourth-order valence-electron chi connectivity index (χ4n) is 4.24. The molecule has 0 fully saturated rings. The van der Waals surface area contributed by atoms with Crippen LogP contribution in [0, 0.1) is 5.92 Å². The zero-order valence-electron chi connectivity index (χ0n) is 20.3. The zero-order chi connectivity index (χ0) is 22.9. The maximum absolute atomic E-state index is 4.87. The standard InChI is InChI=1S/C27H39N5/c1-6-17-31(18-7-2)25-14-12-24(13-15-25)29-27-28-20-23-11-10-21(5)32(26(23)30-27)19-16-22(8-3)9-4/h10-15,20,22H,5-9,16-19H2,1-4H3,(H,28,29,30). The summed E-state index contributed by atoms with van der Waals surface area (Å²) in [6.07, 6.45) is 11.9. The lowest BCUT2D eigenvalue weighted by molar-refractivity contribution is 0.459. The van der Waals surface area contributed by atoms with Crippen molar-refractivity contribution in [3.8, 4) is 0 Å². The Morgan fingerprint density at radius 2 is 1.69 bits per heavy atom. The Kier molecular flexibility index (Phi) is 8.72. The summed E-state index contributed by atoms with van der Waals surface area (Å²) in [6, 6.07) is 8.58. The average Bonchev–Trinajstić information content (AvgIpc) is 2.81. The van der Waals surface area contributed by atoms with Gasteiger partial charge in [-0.1, -0.05) is 47.1 Å². The minimum Gasteiger partial charge on any atom is -0.372 e. The number of hydrogen-bond donors (Lipinski definition) is 1. The molecular weight excluding hydrogens is 394 g/mol. The van der Waals surface area contributed by atoms with E-state index in [0.717, 1.165) is 67.6 Å². The van der Waals surface area contributed by atoms with E-state index in [1.165, 1.54) is 18.5 Å². The van der Waals surface area contributed by atoms with E-state index < -0.39 is 0 Å². The summed E-state index contributed by atoms with van der Waals surface area (Å²) in [5.74, 6) is 2.29. The van der Waals surface area contributed by atoms with Crippen LogP contribution in [0.25, 0.3) is 6.08 Å². The van der Waals surface area contributed by atoms with Crippen molar-refractivity contribution >= 4 is 29.2 Å². The summed E-state index contributed by atoms with van der Waals surface area (Å²) in [4.78, 5) is 14.1. The summed E-state index contributed by atoms with van der Waals surface area (Å²) in [6.45, 7) is 16.3. The molecule has 172 valence electrons. The molecule has 0 spiro atoms. The van der Waals surface area contributed by atoms with Crippen molar-refractivity contribution in [2.45, 2.75) is 59.8 Å². The highest BCUT2D eigenvalue weighted by atomic mass is 15.2. The van der Waals surface area contributed by atoms with Crippen LogP contribution in [0.4, 0.5) is 23.1 Å². The average molecular weight is 434 g/mol. The number of aromatic nitrogens is 2. The molecule has 0 amide bonds. The van der Waals surface area contributed by atoms with Gasteiger partial charge in [0.05, 0.1) is 0 Å². The maximum atomic E-state index is 4.87. The SMILES string of the molecule is C=C1C=Cc2cnc(Nc3ccc(N(CCC)CCC)cc3)nc2N1CCC(CC)CC. The van der Waals surface area contributed by atoms with Gasteiger partial charge in [-0.25, -0.2) is 4.98 Å². The van der Waals surface area contributed by atoms with Gasteiger partial charge in [0.2, 0.25) is 5.95 Å². The Morgan fingerprint density at radius 1 is 1.00 bits per heavy atom. The van der Waals surface area contributed by atoms with E-state index in [0.29, 0.717) is 5.95 Å². The first-order valence-corrected chi connectivity index (χ1v) is 12.2. The molecule has 5 nitrogen and oxygen atoms in total. The van der Waals surface area contributed by atoms with E-state index >= 15 is 0 Å². The van der Waals surface area contributed by atoms with Gasteiger partial charge in [0.1, 0.15) is 5.82 Å². The summed E-state index contributed by atoms with van der Waals surface area (Å²) in [7, 11) is 0. The van der Waals surface area contributed by atoms with E-state index in [1.807, 2.05) is 6.20 Å². The number of allylic oxidation sites excluding steroid dienone is 1. The van der Waals surface area contributed by atoms with Crippen LogP contribution in [-0.4, -0.2) is 29.6 Å². The van der Waals surface area contributed by atoms with Crippen LogP contribution in [0.2, 0.25) is 0 Å². The molecule has 1 aliphatic heterocycles. The normalized spacial score (nSPS) is 12.9. The molecule has 0 aliphatic carbocycles. The highest BCUT2D eigenvalue weighted by Crippen LogP contribution is 2.30. The molecule has 0 bridgehead atoms. The lowest BCUT2D eigenvalue weighted by atomic mass is 9.99. The molecule has 0 radical (unpaired) electrons. The van der Waals surface area contributed by atoms with Crippen molar-refractivity contribution in [2.24, 2.45) is 5.92 Å². The van der Waals surface area contributed by atoms with E-state index in [-0.39, 0.29) is 0 Å². The van der Waals surface area contributed by atoms with Gasteiger partial charge in [-0.2, -0.15) is 4.98 Å². The third kappa shape index (κ3) is 5.90. The number of anilines is 4. The molecule has 1 N–H and O–H groups in total. The molecule has 2 heterocycles. The first kappa shape index (κ1) is 23.8. The van der Waals surface area contributed by atoms with E-state index in [1.54, 1.807) is 0 Å². The van der Waals surface area contributed by atoms with Crippen LogP contribution in [0.15, 0.2) is 48.8 Å². The molecule has 1 aliphatic rings. The van der Waals surface area contributed by atoms with E-state index in [9.17, 15) is 0 Å². The number of hydrogen-bond acceptors (Lipinski definition) is 5. The van der Waals surface area contributed by atoms with Gasteiger partial charge in [-0.15, -0.1) is 0 Å². The van der Waals surface area contributed by atoms with Crippen LogP contribution in [0.5, 0.6) is 0 Å². The third-order valence-electron chi connectivity index (χ3n) is 6.24. The molecule has 3 rings (SSSR count). The molecule has 0 saturated heterocycles. The summed E-state index contributed by atoms with van der Waals surface area (Å²) in [5, 5.41) is 3.39. The number of nitrogens with zero attached hydrogens (tertiary/aromatic N) is 4. The monoisotopic (exact) mass is 433 g/mol. The predicted octanol–water partition coefficient (Wildman–Crippen LogP) is 7.02. The van der Waals surface area contributed by atoms with E-state index in [2.05, 4.69) is 90.8 Å². The number of nitrogens with one attached hydrogen (secondary N) is 1. The first-order valence-electron chi connectivity index (χ1n) is 12.2. The molecule has 0 unspecified atom stereocenters. The summed E-state index contributed by atoms with van der Waals surface area (Å²) < 4.78 is 0. The van der Waals surface area contributed by atoms with Crippen molar-refractivity contribution < 1.29 is 0 Å². The maximum Gasteiger partial charge on any atom is 0.229 e. The molecule has 2 aromatic rings.